The van der Waals surface area contributed by atoms with Crippen molar-refractivity contribution in [1.82, 2.24) is 5.32 Å². The molecule has 1 heterocycles. The molecule has 0 aliphatic heterocycles. The van der Waals surface area contributed by atoms with Gasteiger partial charge in [0, 0.05) is 0 Å². The van der Waals surface area contributed by atoms with Gasteiger partial charge in [0.15, 0.2) is 5.22 Å². The standard InChI is InChI=1S/C13H13ClFNO/c1-8-5-9(7-10(15)6-8)13(16-2)11-3-4-12(14)17-11/h3-7,13,16H,1-2H3. The van der Waals surface area contributed by atoms with Gasteiger partial charge in [0.25, 0.3) is 0 Å². The minimum atomic E-state index is -0.252. The van der Waals surface area contributed by atoms with Crippen molar-refractivity contribution in [2.75, 3.05) is 7.05 Å². The maximum atomic E-state index is 13.4. The van der Waals surface area contributed by atoms with Gasteiger partial charge in [-0.2, -0.15) is 0 Å². The van der Waals surface area contributed by atoms with Crippen molar-refractivity contribution in [3.05, 3.63) is 58.3 Å². The Labute approximate surface area is 104 Å². The van der Waals surface area contributed by atoms with Crippen LogP contribution < -0.4 is 5.32 Å². The Bertz CT molecular complexity index is 504. The van der Waals surface area contributed by atoms with Crippen molar-refractivity contribution in [3.8, 4) is 0 Å². The van der Waals surface area contributed by atoms with Crippen molar-refractivity contribution in [1.29, 1.82) is 0 Å². The molecule has 0 saturated carbocycles. The first-order valence-corrected chi connectivity index (χ1v) is 5.67. The van der Waals surface area contributed by atoms with E-state index in [9.17, 15) is 4.39 Å². The molecule has 1 aromatic carbocycles. The lowest BCUT2D eigenvalue weighted by Gasteiger charge is -2.14. The maximum Gasteiger partial charge on any atom is 0.193 e. The van der Waals surface area contributed by atoms with Gasteiger partial charge >= 0.3 is 0 Å². The fraction of sp³-hybridized carbons (Fsp3) is 0.231. The quantitative estimate of drug-likeness (QED) is 0.903. The van der Waals surface area contributed by atoms with E-state index < -0.39 is 0 Å². The summed E-state index contributed by atoms with van der Waals surface area (Å²) in [5, 5.41) is 3.41. The van der Waals surface area contributed by atoms with Crippen molar-refractivity contribution in [2.45, 2.75) is 13.0 Å². The van der Waals surface area contributed by atoms with Gasteiger partial charge < -0.3 is 9.73 Å². The summed E-state index contributed by atoms with van der Waals surface area (Å²) in [5.41, 5.74) is 1.69. The summed E-state index contributed by atoms with van der Waals surface area (Å²) >= 11 is 5.74. The van der Waals surface area contributed by atoms with Gasteiger partial charge in [-0.05, 0) is 61.0 Å². The fourth-order valence-corrected chi connectivity index (χ4v) is 2.04. The molecule has 17 heavy (non-hydrogen) atoms. The van der Waals surface area contributed by atoms with E-state index in [0.717, 1.165) is 11.1 Å². The van der Waals surface area contributed by atoms with Crippen LogP contribution in [0.4, 0.5) is 4.39 Å². The molecule has 0 aliphatic rings. The highest BCUT2D eigenvalue weighted by molar-refractivity contribution is 6.28. The molecule has 2 aromatic rings. The predicted molar refractivity (Wildman–Crippen MR) is 65.8 cm³/mol. The minimum Gasteiger partial charge on any atom is -0.448 e. The van der Waals surface area contributed by atoms with E-state index in [1.54, 1.807) is 19.2 Å². The Hall–Kier alpha value is -1.32. The van der Waals surface area contributed by atoms with Crippen LogP contribution in [0.1, 0.15) is 22.9 Å². The molecule has 0 aliphatic carbocycles. The molecule has 0 spiro atoms. The lowest BCUT2D eigenvalue weighted by Crippen LogP contribution is -2.17. The number of benzene rings is 1. The molecule has 4 heteroatoms. The van der Waals surface area contributed by atoms with Crippen molar-refractivity contribution in [3.63, 3.8) is 0 Å². The number of aryl methyl sites for hydroxylation is 1. The van der Waals surface area contributed by atoms with Gasteiger partial charge in [0.2, 0.25) is 0 Å². The number of hydrogen-bond acceptors (Lipinski definition) is 2. The highest BCUT2D eigenvalue weighted by atomic mass is 35.5. The summed E-state index contributed by atoms with van der Waals surface area (Å²) in [6, 6.07) is 8.16. The van der Waals surface area contributed by atoms with Crippen LogP contribution in [-0.4, -0.2) is 7.05 Å². The highest BCUT2D eigenvalue weighted by Gasteiger charge is 2.16. The number of halogens is 2. The van der Waals surface area contributed by atoms with Gasteiger partial charge in [0.1, 0.15) is 11.6 Å². The van der Waals surface area contributed by atoms with Crippen LogP contribution in [0.25, 0.3) is 0 Å². The molecule has 0 fully saturated rings. The van der Waals surface area contributed by atoms with E-state index in [1.165, 1.54) is 12.1 Å². The van der Waals surface area contributed by atoms with Gasteiger partial charge in [-0.25, -0.2) is 4.39 Å². The van der Waals surface area contributed by atoms with Gasteiger partial charge in [0.05, 0.1) is 6.04 Å². The number of hydrogen-bond donors (Lipinski definition) is 1. The molecule has 1 unspecified atom stereocenters. The van der Waals surface area contributed by atoms with Crippen molar-refractivity contribution < 1.29 is 8.81 Å². The van der Waals surface area contributed by atoms with Gasteiger partial charge in [-0.1, -0.05) is 6.07 Å². The Morgan fingerprint density at radius 3 is 2.59 bits per heavy atom. The number of nitrogens with one attached hydrogen (secondary N) is 1. The molecule has 1 atom stereocenters. The molecule has 2 nitrogen and oxygen atoms in total. The van der Waals surface area contributed by atoms with Crippen LogP contribution in [0.3, 0.4) is 0 Å². The molecular formula is C13H13ClFNO. The van der Waals surface area contributed by atoms with Crippen LogP contribution in [0, 0.1) is 12.7 Å². The Kier molecular flexibility index (Phi) is 3.50. The first kappa shape index (κ1) is 12.1. The first-order valence-electron chi connectivity index (χ1n) is 5.29. The molecule has 0 radical (unpaired) electrons. The van der Waals surface area contributed by atoms with Crippen LogP contribution in [0.5, 0.6) is 0 Å². The van der Waals surface area contributed by atoms with E-state index in [-0.39, 0.29) is 11.9 Å². The third-order valence-corrected chi connectivity index (χ3v) is 2.77. The van der Waals surface area contributed by atoms with Crippen LogP contribution in [0.2, 0.25) is 5.22 Å². The third kappa shape index (κ3) is 2.68. The summed E-state index contributed by atoms with van der Waals surface area (Å²) in [4.78, 5) is 0. The summed E-state index contributed by atoms with van der Waals surface area (Å²) < 4.78 is 18.7. The van der Waals surface area contributed by atoms with Crippen molar-refractivity contribution >= 4 is 11.6 Å². The highest BCUT2D eigenvalue weighted by Crippen LogP contribution is 2.26. The number of furan rings is 1. The summed E-state index contributed by atoms with van der Waals surface area (Å²) in [6.45, 7) is 1.86. The molecular weight excluding hydrogens is 241 g/mol. The zero-order valence-electron chi connectivity index (χ0n) is 9.63. The molecule has 0 saturated heterocycles. The average Bonchev–Trinajstić information content (AvgIpc) is 2.64. The second-order valence-corrected chi connectivity index (χ2v) is 4.30. The summed E-state index contributed by atoms with van der Waals surface area (Å²) in [7, 11) is 1.79. The minimum absolute atomic E-state index is 0.197. The van der Waals surface area contributed by atoms with E-state index in [2.05, 4.69) is 5.32 Å². The Balaban J connectivity index is 2.41. The predicted octanol–water partition coefficient (Wildman–Crippen LogP) is 3.69. The topological polar surface area (TPSA) is 25.2 Å². The lowest BCUT2D eigenvalue weighted by molar-refractivity contribution is 0.463. The zero-order chi connectivity index (χ0) is 12.4. The van der Waals surface area contributed by atoms with E-state index in [0.29, 0.717) is 11.0 Å². The molecule has 0 amide bonds. The second kappa shape index (κ2) is 4.90. The summed E-state index contributed by atoms with van der Waals surface area (Å²) in [6.07, 6.45) is 0. The fourth-order valence-electron chi connectivity index (χ4n) is 1.89. The molecule has 2 rings (SSSR count). The van der Waals surface area contributed by atoms with E-state index in [1.807, 2.05) is 13.0 Å². The Morgan fingerprint density at radius 1 is 1.29 bits per heavy atom. The van der Waals surface area contributed by atoms with E-state index >= 15 is 0 Å². The van der Waals surface area contributed by atoms with Gasteiger partial charge in [-0.15, -0.1) is 0 Å². The molecule has 0 bridgehead atoms. The second-order valence-electron chi connectivity index (χ2n) is 3.93. The molecule has 1 aromatic heterocycles. The molecule has 1 N–H and O–H groups in total. The first-order chi connectivity index (χ1) is 8.10. The van der Waals surface area contributed by atoms with E-state index in [4.69, 9.17) is 16.0 Å². The normalized spacial score (nSPS) is 12.7. The zero-order valence-corrected chi connectivity index (χ0v) is 10.4. The lowest BCUT2D eigenvalue weighted by atomic mass is 10.0. The van der Waals surface area contributed by atoms with Crippen molar-refractivity contribution in [2.24, 2.45) is 0 Å². The van der Waals surface area contributed by atoms with Crippen LogP contribution in [-0.2, 0) is 0 Å². The maximum absolute atomic E-state index is 13.4. The monoisotopic (exact) mass is 253 g/mol. The largest absolute Gasteiger partial charge is 0.448 e. The Morgan fingerprint density at radius 2 is 2.06 bits per heavy atom. The SMILES string of the molecule is CNC(c1cc(C)cc(F)c1)c1ccc(Cl)o1. The third-order valence-electron chi connectivity index (χ3n) is 2.56. The molecule has 90 valence electrons. The average molecular weight is 254 g/mol. The number of rotatable bonds is 3. The van der Waals surface area contributed by atoms with Crippen LogP contribution in [0.15, 0.2) is 34.7 Å². The van der Waals surface area contributed by atoms with Gasteiger partial charge in [-0.3, -0.25) is 0 Å². The summed E-state index contributed by atoms with van der Waals surface area (Å²) in [5.74, 6) is 0.417. The van der Waals surface area contributed by atoms with Crippen LogP contribution >= 0.6 is 11.6 Å². The smallest absolute Gasteiger partial charge is 0.193 e.